The van der Waals surface area contributed by atoms with Gasteiger partial charge in [0, 0.05) is 0 Å². The fourth-order valence-corrected chi connectivity index (χ4v) is 1.61. The molecule has 0 amide bonds. The third-order valence-electron chi connectivity index (χ3n) is 2.75. The number of carbonyl (C=O) groups is 2. The smallest absolute Gasteiger partial charge is 0.317 e. The first-order chi connectivity index (χ1) is 11.0. The van der Waals surface area contributed by atoms with Gasteiger partial charge in [0.15, 0.2) is 0 Å². The van der Waals surface area contributed by atoms with Crippen LogP contribution in [0.1, 0.15) is 58.8 Å². The van der Waals surface area contributed by atoms with Gasteiger partial charge in [-0.3, -0.25) is 4.79 Å². The molecule has 1 unspecified atom stereocenters. The topological polar surface area (TPSA) is 124 Å². The van der Waals surface area contributed by atoms with Crippen LogP contribution in [0, 0.1) is 0 Å². The summed E-state index contributed by atoms with van der Waals surface area (Å²) in [5.41, 5.74) is 4.57. The molecule has 1 atom stereocenters. The number of nitrogens with zero attached hydrogens (tertiary/aromatic N) is 1. The molecule has 0 heterocycles. The minimum atomic E-state index is -1.00. The van der Waals surface area contributed by atoms with Crippen LogP contribution in [-0.4, -0.2) is 67.0 Å². The van der Waals surface area contributed by atoms with Crippen LogP contribution < -0.4 is 10.8 Å². The van der Waals surface area contributed by atoms with Crippen LogP contribution in [0.3, 0.4) is 0 Å². The highest BCUT2D eigenvalue weighted by atomic mass is 16.4. The summed E-state index contributed by atoms with van der Waals surface area (Å²) in [5.74, 6) is -1.97. The van der Waals surface area contributed by atoms with E-state index in [0.29, 0.717) is 4.48 Å². The number of likely N-dealkylation sites (N-methyl/N-ethyl adjacent to an activating group) is 1. The molecule has 0 saturated heterocycles. The molecule has 0 rings (SSSR count). The van der Waals surface area contributed by atoms with Gasteiger partial charge < -0.3 is 30.3 Å². The van der Waals surface area contributed by atoms with E-state index in [1.165, 1.54) is 38.5 Å². The van der Waals surface area contributed by atoms with Crippen LogP contribution in [0.4, 0.5) is 0 Å². The zero-order valence-corrected chi connectivity index (χ0v) is 16.1. The van der Waals surface area contributed by atoms with Crippen molar-refractivity contribution in [3.63, 3.8) is 0 Å². The summed E-state index contributed by atoms with van der Waals surface area (Å²) < 4.78 is 0.419. The Morgan fingerprint density at radius 2 is 1.50 bits per heavy atom. The van der Waals surface area contributed by atoms with Gasteiger partial charge in [0.05, 0.1) is 39.8 Å². The first-order valence-corrected chi connectivity index (χ1v) is 8.56. The van der Waals surface area contributed by atoms with Crippen LogP contribution in [-0.2, 0) is 9.59 Å². The lowest BCUT2D eigenvalue weighted by molar-refractivity contribution is -0.864. The van der Waals surface area contributed by atoms with Crippen molar-refractivity contribution in [1.29, 1.82) is 0 Å². The lowest BCUT2D eigenvalue weighted by Gasteiger charge is -2.23. The van der Waals surface area contributed by atoms with Crippen molar-refractivity contribution in [3.05, 3.63) is 0 Å². The zero-order chi connectivity index (χ0) is 19.6. The Kier molecular flexibility index (Phi) is 20.9. The molecule has 0 aromatic heterocycles. The first-order valence-electron chi connectivity index (χ1n) is 8.56. The van der Waals surface area contributed by atoms with Crippen LogP contribution in [0.5, 0.6) is 0 Å². The summed E-state index contributed by atoms with van der Waals surface area (Å²) >= 11 is 0. The largest absolute Gasteiger partial charge is 0.544 e. The minimum absolute atomic E-state index is 0.0694. The maximum Gasteiger partial charge on any atom is 0.317 e. The lowest BCUT2D eigenvalue weighted by Crippen LogP contribution is -2.45. The quantitative estimate of drug-likeness (QED) is 0.391. The van der Waals surface area contributed by atoms with Crippen molar-refractivity contribution in [2.75, 3.05) is 34.2 Å². The van der Waals surface area contributed by atoms with Gasteiger partial charge in [-0.05, 0) is 13.3 Å². The second-order valence-electron chi connectivity index (χ2n) is 6.82. The van der Waals surface area contributed by atoms with E-state index in [-0.39, 0.29) is 19.2 Å². The van der Waals surface area contributed by atoms with Gasteiger partial charge in [0.25, 0.3) is 0 Å². The third-order valence-corrected chi connectivity index (χ3v) is 2.75. The maximum atomic E-state index is 9.89. The van der Waals surface area contributed by atoms with Crippen LogP contribution >= 0.6 is 0 Å². The fourth-order valence-electron chi connectivity index (χ4n) is 1.61. The van der Waals surface area contributed by atoms with Crippen molar-refractivity contribution in [2.45, 2.75) is 64.9 Å². The average molecular weight is 351 g/mol. The summed E-state index contributed by atoms with van der Waals surface area (Å²) in [6, 6.07) is 0. The van der Waals surface area contributed by atoms with E-state index in [1.807, 2.05) is 6.92 Å². The van der Waals surface area contributed by atoms with Crippen molar-refractivity contribution in [1.82, 2.24) is 0 Å². The number of hydrogen-bond acceptors (Lipinski definition) is 5. The molecule has 7 heteroatoms. The average Bonchev–Trinajstić information content (AvgIpc) is 2.41. The highest BCUT2D eigenvalue weighted by molar-refractivity contribution is 5.68. The van der Waals surface area contributed by atoms with Crippen LogP contribution in [0.15, 0.2) is 0 Å². The predicted octanol–water partition coefficient (Wildman–Crippen LogP) is 0.590. The molecule has 24 heavy (non-hydrogen) atoms. The van der Waals surface area contributed by atoms with Crippen molar-refractivity contribution in [2.24, 2.45) is 5.73 Å². The third kappa shape index (κ3) is 42.8. The number of quaternary nitrogens is 1. The monoisotopic (exact) mass is 350 g/mol. The minimum Gasteiger partial charge on any atom is -0.544 e. The summed E-state index contributed by atoms with van der Waals surface area (Å²) in [6.07, 6.45) is 8.78. The lowest BCUT2D eigenvalue weighted by atomic mass is 10.1. The SMILES string of the molecule is CCCCCCCCC(C)O.C[N+](C)(C)CC(=O)[O-].NCC(=O)O. The van der Waals surface area contributed by atoms with Crippen molar-refractivity contribution >= 4 is 11.9 Å². The van der Waals surface area contributed by atoms with E-state index in [1.54, 1.807) is 21.1 Å². The number of nitrogens with two attached hydrogens (primary N) is 1. The van der Waals surface area contributed by atoms with Gasteiger partial charge in [0.1, 0.15) is 6.54 Å². The van der Waals surface area contributed by atoms with E-state index in [2.05, 4.69) is 12.7 Å². The van der Waals surface area contributed by atoms with Crippen LogP contribution in [0.25, 0.3) is 0 Å². The molecule has 0 aliphatic carbocycles. The molecule has 146 valence electrons. The molecular formula is C17H38N2O5. The van der Waals surface area contributed by atoms with E-state index in [0.717, 1.165) is 6.42 Å². The Bertz CT molecular complexity index is 302. The molecule has 0 radical (unpaired) electrons. The molecule has 0 aromatic carbocycles. The molecular weight excluding hydrogens is 312 g/mol. The number of aliphatic carboxylic acids is 2. The second-order valence-corrected chi connectivity index (χ2v) is 6.82. The van der Waals surface area contributed by atoms with Crippen molar-refractivity contribution in [3.8, 4) is 0 Å². The van der Waals surface area contributed by atoms with Crippen LogP contribution in [0.2, 0.25) is 0 Å². The molecule has 0 fully saturated rings. The molecule has 7 nitrogen and oxygen atoms in total. The number of hydrogen-bond donors (Lipinski definition) is 3. The molecule has 0 bridgehead atoms. The van der Waals surface area contributed by atoms with Gasteiger partial charge in [-0.25, -0.2) is 0 Å². The summed E-state index contributed by atoms with van der Waals surface area (Å²) in [7, 11) is 5.40. The molecule has 0 aliphatic heterocycles. The van der Waals surface area contributed by atoms with Gasteiger partial charge in [-0.15, -0.1) is 0 Å². The van der Waals surface area contributed by atoms with Gasteiger partial charge >= 0.3 is 5.97 Å². The molecule has 0 saturated carbocycles. The molecule has 0 spiro atoms. The highest BCUT2D eigenvalue weighted by Gasteiger charge is 2.04. The molecule has 0 aliphatic rings. The van der Waals surface area contributed by atoms with E-state index < -0.39 is 11.9 Å². The number of carboxylic acids is 2. The Morgan fingerprint density at radius 1 is 1.08 bits per heavy atom. The number of unbranched alkanes of at least 4 members (excludes halogenated alkanes) is 5. The second kappa shape index (κ2) is 18.2. The Balaban J connectivity index is -0.000000298. The molecule has 0 aromatic rings. The normalized spacial score (nSPS) is 11.5. The maximum absolute atomic E-state index is 9.89. The highest BCUT2D eigenvalue weighted by Crippen LogP contribution is 2.07. The summed E-state index contributed by atoms with van der Waals surface area (Å²) in [5, 5.41) is 26.4. The fraction of sp³-hybridized carbons (Fsp3) is 0.882. The van der Waals surface area contributed by atoms with Gasteiger partial charge in [-0.1, -0.05) is 45.4 Å². The number of carbonyl (C=O) groups excluding carboxylic acids is 1. The van der Waals surface area contributed by atoms with Gasteiger partial charge in [0.2, 0.25) is 0 Å². The number of carboxylic acid groups (broad SMARTS) is 2. The summed E-state index contributed by atoms with van der Waals surface area (Å²) in [6.45, 7) is 3.89. The Morgan fingerprint density at radius 3 is 1.75 bits per heavy atom. The number of rotatable bonds is 10. The van der Waals surface area contributed by atoms with Gasteiger partial charge in [-0.2, -0.15) is 0 Å². The number of aliphatic hydroxyl groups is 1. The Hall–Kier alpha value is -1.18. The standard InChI is InChI=1S/C10H22O.C5H11NO2.C2H5NO2/c1-3-4-5-6-7-8-9-10(2)11;1-6(2,3)4-5(7)8;3-1-2(4)5/h10-11H,3-9H2,1-2H3;4H2,1-3H3;1,3H2,(H,4,5). The predicted molar refractivity (Wildman–Crippen MR) is 94.3 cm³/mol. The van der Waals surface area contributed by atoms with E-state index in [4.69, 9.17) is 10.2 Å². The molecule has 4 N–H and O–H groups in total. The number of aliphatic hydroxyl groups excluding tert-OH is 1. The van der Waals surface area contributed by atoms with E-state index in [9.17, 15) is 14.7 Å². The van der Waals surface area contributed by atoms with E-state index >= 15 is 0 Å². The first kappa shape index (κ1) is 27.7. The summed E-state index contributed by atoms with van der Waals surface area (Å²) in [4.78, 5) is 19.1. The zero-order valence-electron chi connectivity index (χ0n) is 16.1. The Labute approximate surface area is 147 Å². The van der Waals surface area contributed by atoms with Crippen molar-refractivity contribution < 1.29 is 29.4 Å².